The van der Waals surface area contributed by atoms with Gasteiger partial charge in [-0.25, -0.2) is 9.38 Å². The van der Waals surface area contributed by atoms with E-state index in [-0.39, 0.29) is 18.0 Å². The largest absolute Gasteiger partial charge is 0.323 e. The number of amides is 2. The molecule has 1 atom stereocenters. The monoisotopic (exact) mass is 481 g/mol. The third-order valence-electron chi connectivity index (χ3n) is 5.08. The second kappa shape index (κ2) is 10.6. The van der Waals surface area contributed by atoms with Crippen LogP contribution < -0.4 is 5.32 Å². The molecule has 5 nitrogen and oxygen atoms in total. The number of hydrogen-bond donors (Lipinski definition) is 1. The molecule has 3 aromatic carbocycles. The van der Waals surface area contributed by atoms with Crippen molar-refractivity contribution >= 4 is 51.7 Å². The number of rotatable bonds is 6. The molecule has 0 bridgehead atoms. The van der Waals surface area contributed by atoms with Gasteiger partial charge in [0.15, 0.2) is 5.17 Å². The van der Waals surface area contributed by atoms with E-state index in [0.717, 1.165) is 5.56 Å². The number of carbonyl (C=O) groups is 2. The molecule has 168 valence electrons. The third-order valence-corrected chi connectivity index (χ3v) is 6.52. The highest BCUT2D eigenvalue weighted by atomic mass is 35.5. The summed E-state index contributed by atoms with van der Waals surface area (Å²) in [6, 6.07) is 22.7. The summed E-state index contributed by atoms with van der Waals surface area (Å²) >= 11 is 7.17. The Morgan fingerprint density at radius 2 is 1.76 bits per heavy atom. The van der Waals surface area contributed by atoms with E-state index in [0.29, 0.717) is 28.8 Å². The van der Waals surface area contributed by atoms with Crippen LogP contribution in [0, 0.1) is 5.82 Å². The summed E-state index contributed by atoms with van der Waals surface area (Å²) in [6.45, 7) is 0.417. The summed E-state index contributed by atoms with van der Waals surface area (Å²) in [5.74, 6) is -1.16. The molecule has 0 radical (unpaired) electrons. The van der Waals surface area contributed by atoms with Crippen LogP contribution in [0.15, 0.2) is 83.9 Å². The van der Waals surface area contributed by atoms with Crippen molar-refractivity contribution in [1.82, 2.24) is 4.90 Å². The number of halogens is 2. The number of nitrogens with one attached hydrogen (secondary N) is 1. The molecule has 1 aliphatic heterocycles. The van der Waals surface area contributed by atoms with Gasteiger partial charge in [0.2, 0.25) is 11.8 Å². The van der Waals surface area contributed by atoms with Crippen molar-refractivity contribution in [2.45, 2.75) is 18.1 Å². The van der Waals surface area contributed by atoms with Gasteiger partial charge in [-0.1, -0.05) is 65.8 Å². The average molecular weight is 482 g/mol. The van der Waals surface area contributed by atoms with Gasteiger partial charge in [0, 0.05) is 18.0 Å². The Kier molecular flexibility index (Phi) is 7.42. The van der Waals surface area contributed by atoms with Crippen molar-refractivity contribution in [3.8, 4) is 0 Å². The van der Waals surface area contributed by atoms with Crippen LogP contribution in [0.5, 0.6) is 0 Å². The maximum absolute atomic E-state index is 14.0. The van der Waals surface area contributed by atoms with Crippen LogP contribution in [-0.4, -0.2) is 33.7 Å². The molecule has 1 N–H and O–H groups in total. The number of aliphatic imine (C=N–C) groups is 1. The molecule has 2 amide bonds. The van der Waals surface area contributed by atoms with Gasteiger partial charge < -0.3 is 5.32 Å². The van der Waals surface area contributed by atoms with E-state index in [4.69, 9.17) is 11.6 Å². The van der Waals surface area contributed by atoms with Crippen LogP contribution in [0.3, 0.4) is 0 Å². The quantitative estimate of drug-likeness (QED) is 0.492. The van der Waals surface area contributed by atoms with Crippen molar-refractivity contribution in [3.63, 3.8) is 0 Å². The van der Waals surface area contributed by atoms with E-state index < -0.39 is 17.0 Å². The minimum absolute atomic E-state index is 0.000615. The molecule has 0 aromatic heterocycles. The molecule has 0 saturated carbocycles. The SMILES string of the molecule is O=C(Nc1ccccc1F)C1CC(=O)N(CCc2ccc(Cl)cc2)C(=Nc2ccccc2)S1. The summed E-state index contributed by atoms with van der Waals surface area (Å²) in [4.78, 5) is 32.2. The van der Waals surface area contributed by atoms with Gasteiger partial charge >= 0.3 is 0 Å². The zero-order valence-corrected chi connectivity index (χ0v) is 19.2. The predicted octanol–water partition coefficient (Wildman–Crippen LogP) is 5.68. The van der Waals surface area contributed by atoms with Crippen molar-refractivity contribution in [1.29, 1.82) is 0 Å². The first-order valence-corrected chi connectivity index (χ1v) is 11.7. The number of amidine groups is 1. The molecule has 1 unspecified atom stereocenters. The maximum atomic E-state index is 14.0. The topological polar surface area (TPSA) is 61.8 Å². The number of carbonyl (C=O) groups excluding carboxylic acids is 2. The lowest BCUT2D eigenvalue weighted by Crippen LogP contribution is -2.46. The first-order valence-electron chi connectivity index (χ1n) is 10.4. The molecule has 8 heteroatoms. The van der Waals surface area contributed by atoms with Crippen LogP contribution >= 0.6 is 23.4 Å². The summed E-state index contributed by atoms with van der Waals surface area (Å²) < 4.78 is 14.0. The third kappa shape index (κ3) is 6.00. The summed E-state index contributed by atoms with van der Waals surface area (Å²) in [5.41, 5.74) is 1.80. The van der Waals surface area contributed by atoms with Crippen LogP contribution in [0.1, 0.15) is 12.0 Å². The molecule has 0 spiro atoms. The summed E-state index contributed by atoms with van der Waals surface area (Å²) in [7, 11) is 0. The second-order valence-corrected chi connectivity index (χ2v) is 9.04. The fourth-order valence-corrected chi connectivity index (χ4v) is 4.59. The lowest BCUT2D eigenvalue weighted by Gasteiger charge is -2.32. The molecule has 1 fully saturated rings. The number of benzene rings is 3. The zero-order chi connectivity index (χ0) is 23.2. The number of hydrogen-bond acceptors (Lipinski definition) is 4. The van der Waals surface area contributed by atoms with Gasteiger partial charge in [-0.05, 0) is 48.4 Å². The fraction of sp³-hybridized carbons (Fsp3) is 0.160. The normalized spacial score (nSPS) is 17.3. The molecular formula is C25H21ClFN3O2S. The zero-order valence-electron chi connectivity index (χ0n) is 17.6. The van der Waals surface area contributed by atoms with E-state index in [2.05, 4.69) is 10.3 Å². The molecule has 4 rings (SSSR count). The molecule has 3 aromatic rings. The molecule has 33 heavy (non-hydrogen) atoms. The van der Waals surface area contributed by atoms with Crippen molar-refractivity contribution in [2.24, 2.45) is 4.99 Å². The lowest BCUT2D eigenvalue weighted by atomic mass is 10.1. The Balaban J connectivity index is 1.54. The van der Waals surface area contributed by atoms with E-state index in [9.17, 15) is 14.0 Å². The summed E-state index contributed by atoms with van der Waals surface area (Å²) in [5, 5.41) is 2.97. The van der Waals surface area contributed by atoms with E-state index in [1.807, 2.05) is 54.6 Å². The molecule has 1 aliphatic rings. The Hall–Kier alpha value is -3.16. The Bertz CT molecular complexity index is 1170. The van der Waals surface area contributed by atoms with Crippen molar-refractivity contribution in [3.05, 3.63) is 95.3 Å². The lowest BCUT2D eigenvalue weighted by molar-refractivity contribution is -0.129. The highest BCUT2D eigenvalue weighted by molar-refractivity contribution is 8.15. The van der Waals surface area contributed by atoms with Crippen LogP contribution in [-0.2, 0) is 16.0 Å². The van der Waals surface area contributed by atoms with Gasteiger partial charge in [-0.3, -0.25) is 14.5 Å². The van der Waals surface area contributed by atoms with Crippen LogP contribution in [0.4, 0.5) is 15.8 Å². The fourth-order valence-electron chi connectivity index (χ4n) is 3.34. The van der Waals surface area contributed by atoms with E-state index in [1.165, 1.54) is 23.9 Å². The highest BCUT2D eigenvalue weighted by Gasteiger charge is 2.36. The standard InChI is InChI=1S/C25H21ClFN3O2S/c26-18-12-10-17(11-13-18)14-15-30-23(31)16-22(24(32)29-21-9-5-4-8-20(21)27)33-25(30)28-19-6-2-1-3-7-19/h1-13,22H,14-16H2,(H,29,32). The van der Waals surface area contributed by atoms with Gasteiger partial charge in [0.1, 0.15) is 11.1 Å². The number of thioether (sulfide) groups is 1. The average Bonchev–Trinajstić information content (AvgIpc) is 2.81. The molecule has 0 aliphatic carbocycles. The number of para-hydroxylation sites is 2. The molecule has 1 saturated heterocycles. The van der Waals surface area contributed by atoms with Crippen molar-refractivity contribution in [2.75, 3.05) is 11.9 Å². The van der Waals surface area contributed by atoms with Crippen LogP contribution in [0.2, 0.25) is 5.02 Å². The van der Waals surface area contributed by atoms with E-state index in [1.54, 1.807) is 17.0 Å². The first-order chi connectivity index (χ1) is 16.0. The van der Waals surface area contributed by atoms with Crippen molar-refractivity contribution < 1.29 is 14.0 Å². The smallest absolute Gasteiger partial charge is 0.238 e. The summed E-state index contributed by atoms with van der Waals surface area (Å²) in [6.07, 6.45) is 0.614. The number of nitrogens with zero attached hydrogens (tertiary/aromatic N) is 2. The van der Waals surface area contributed by atoms with E-state index >= 15 is 0 Å². The number of anilines is 1. The second-order valence-electron chi connectivity index (χ2n) is 7.43. The predicted molar refractivity (Wildman–Crippen MR) is 131 cm³/mol. The minimum Gasteiger partial charge on any atom is -0.323 e. The van der Waals surface area contributed by atoms with Crippen LogP contribution in [0.25, 0.3) is 0 Å². The Morgan fingerprint density at radius 1 is 1.06 bits per heavy atom. The van der Waals surface area contributed by atoms with Gasteiger partial charge in [-0.15, -0.1) is 0 Å². The Morgan fingerprint density at radius 3 is 2.48 bits per heavy atom. The molecule has 1 heterocycles. The molecular weight excluding hydrogens is 461 g/mol. The Labute approximate surface area is 200 Å². The first kappa shape index (κ1) is 23.0. The minimum atomic E-state index is -0.716. The van der Waals surface area contributed by atoms with Gasteiger partial charge in [0.05, 0.1) is 11.4 Å². The van der Waals surface area contributed by atoms with Gasteiger partial charge in [0.25, 0.3) is 0 Å². The maximum Gasteiger partial charge on any atom is 0.238 e. The van der Waals surface area contributed by atoms with Gasteiger partial charge in [-0.2, -0.15) is 0 Å². The highest BCUT2D eigenvalue weighted by Crippen LogP contribution is 2.30.